The lowest BCUT2D eigenvalue weighted by atomic mass is 10.0. The number of benzene rings is 3. The van der Waals surface area contributed by atoms with Crippen LogP contribution in [0.3, 0.4) is 0 Å². The number of nitrogens with zero attached hydrogens (tertiary/aromatic N) is 1. The second kappa shape index (κ2) is 9.92. The quantitative estimate of drug-likeness (QED) is 0.473. The van der Waals surface area contributed by atoms with Gasteiger partial charge in [-0.05, 0) is 51.1 Å². The summed E-state index contributed by atoms with van der Waals surface area (Å²) in [6.45, 7) is 5.41. The third-order valence-electron chi connectivity index (χ3n) is 4.74. The Kier molecular flexibility index (Phi) is 7.05. The molecule has 1 N–H and O–H groups in total. The Morgan fingerprint density at radius 2 is 1.31 bits per heavy atom. The monoisotopic (exact) mass is 430 g/mol. The van der Waals surface area contributed by atoms with E-state index in [1.54, 1.807) is 72.8 Å². The lowest BCUT2D eigenvalue weighted by Gasteiger charge is -2.36. The highest BCUT2D eigenvalue weighted by molar-refractivity contribution is 6.00. The Morgan fingerprint density at radius 1 is 0.781 bits per heavy atom. The summed E-state index contributed by atoms with van der Waals surface area (Å²) in [7, 11) is 0. The summed E-state index contributed by atoms with van der Waals surface area (Å²) in [6.07, 6.45) is 0. The van der Waals surface area contributed by atoms with E-state index in [0.29, 0.717) is 22.3 Å². The first kappa shape index (κ1) is 22.7. The molecule has 0 fully saturated rings. The molecule has 3 rings (SSSR count). The third kappa shape index (κ3) is 5.60. The fraction of sp³-hybridized carbons (Fsp3) is 0.192. The molecule has 0 aliphatic carbocycles. The van der Waals surface area contributed by atoms with Gasteiger partial charge in [0.1, 0.15) is 6.61 Å². The number of esters is 1. The number of hydrogen-bond donors (Lipinski definition) is 1. The van der Waals surface area contributed by atoms with E-state index in [1.807, 2.05) is 32.9 Å². The number of carbonyl (C=O) groups excluding carboxylic acids is 3. The van der Waals surface area contributed by atoms with E-state index in [1.165, 1.54) is 5.01 Å². The third-order valence-corrected chi connectivity index (χ3v) is 4.74. The van der Waals surface area contributed by atoms with Crippen molar-refractivity contribution in [3.05, 3.63) is 107 Å². The maximum atomic E-state index is 13.5. The number of nitrogens with one attached hydrogen (secondary N) is 1. The van der Waals surface area contributed by atoms with Crippen molar-refractivity contribution in [2.24, 2.45) is 0 Å². The van der Waals surface area contributed by atoms with Gasteiger partial charge in [0.15, 0.2) is 0 Å². The molecule has 0 atom stereocenters. The SMILES string of the molecule is CC(C)(C)N(NC(=O)c1ccccc1)C(=O)c1ccccc1COC(=O)c1ccccc1. The topological polar surface area (TPSA) is 75.7 Å². The summed E-state index contributed by atoms with van der Waals surface area (Å²) in [5, 5.41) is 1.31. The molecule has 32 heavy (non-hydrogen) atoms. The summed E-state index contributed by atoms with van der Waals surface area (Å²) >= 11 is 0. The molecular formula is C26H26N2O4. The van der Waals surface area contributed by atoms with Gasteiger partial charge in [0.2, 0.25) is 0 Å². The second-order valence-electron chi connectivity index (χ2n) is 8.22. The van der Waals surface area contributed by atoms with Crippen molar-refractivity contribution >= 4 is 17.8 Å². The van der Waals surface area contributed by atoms with E-state index >= 15 is 0 Å². The van der Waals surface area contributed by atoms with Crippen LogP contribution in [0.1, 0.15) is 57.4 Å². The molecule has 0 radical (unpaired) electrons. The highest BCUT2D eigenvalue weighted by Gasteiger charge is 2.31. The Bertz CT molecular complexity index is 1090. The first-order valence-electron chi connectivity index (χ1n) is 10.3. The molecular weight excluding hydrogens is 404 g/mol. The summed E-state index contributed by atoms with van der Waals surface area (Å²) in [5.41, 5.74) is 3.80. The molecule has 164 valence electrons. The summed E-state index contributed by atoms with van der Waals surface area (Å²) < 4.78 is 5.42. The molecule has 0 aromatic heterocycles. The molecule has 2 amide bonds. The molecule has 0 bridgehead atoms. The number of amides is 2. The fourth-order valence-electron chi connectivity index (χ4n) is 3.05. The normalized spacial score (nSPS) is 10.8. The lowest BCUT2D eigenvalue weighted by Crippen LogP contribution is -2.56. The first-order valence-corrected chi connectivity index (χ1v) is 10.3. The minimum atomic E-state index is -0.699. The molecule has 0 aliphatic heterocycles. The minimum absolute atomic E-state index is 0.0692. The number of carbonyl (C=O) groups is 3. The van der Waals surface area contributed by atoms with Gasteiger partial charge in [-0.2, -0.15) is 0 Å². The molecule has 0 spiro atoms. The van der Waals surface area contributed by atoms with Gasteiger partial charge in [0, 0.05) is 16.7 Å². The first-order chi connectivity index (χ1) is 15.3. The lowest BCUT2D eigenvalue weighted by molar-refractivity contribution is 0.0349. The van der Waals surface area contributed by atoms with Crippen LogP contribution in [0.5, 0.6) is 0 Å². The van der Waals surface area contributed by atoms with Gasteiger partial charge in [0.05, 0.1) is 11.1 Å². The zero-order valence-electron chi connectivity index (χ0n) is 18.4. The van der Waals surface area contributed by atoms with E-state index in [-0.39, 0.29) is 12.5 Å². The summed E-state index contributed by atoms with van der Waals surface area (Å²) in [6, 6.07) is 24.2. The summed E-state index contributed by atoms with van der Waals surface area (Å²) in [4.78, 5) is 38.5. The highest BCUT2D eigenvalue weighted by Crippen LogP contribution is 2.19. The van der Waals surface area contributed by atoms with Gasteiger partial charge >= 0.3 is 5.97 Å². The number of hydrazine groups is 1. The van der Waals surface area contributed by atoms with Gasteiger partial charge < -0.3 is 4.74 Å². The van der Waals surface area contributed by atoms with Crippen LogP contribution in [-0.2, 0) is 11.3 Å². The minimum Gasteiger partial charge on any atom is -0.457 e. The molecule has 3 aromatic rings. The molecule has 0 saturated carbocycles. The van der Waals surface area contributed by atoms with Crippen LogP contribution in [0.4, 0.5) is 0 Å². The van der Waals surface area contributed by atoms with Gasteiger partial charge in [-0.3, -0.25) is 15.0 Å². The van der Waals surface area contributed by atoms with Gasteiger partial charge in [-0.1, -0.05) is 54.6 Å². The van der Waals surface area contributed by atoms with E-state index in [9.17, 15) is 14.4 Å². The van der Waals surface area contributed by atoms with E-state index in [0.717, 1.165) is 0 Å². The molecule has 6 nitrogen and oxygen atoms in total. The fourth-order valence-corrected chi connectivity index (χ4v) is 3.05. The van der Waals surface area contributed by atoms with Crippen molar-refractivity contribution in [1.82, 2.24) is 10.4 Å². The van der Waals surface area contributed by atoms with Crippen molar-refractivity contribution in [2.75, 3.05) is 0 Å². The van der Waals surface area contributed by atoms with Crippen LogP contribution >= 0.6 is 0 Å². The second-order valence-corrected chi connectivity index (χ2v) is 8.22. The Balaban J connectivity index is 1.81. The molecule has 0 unspecified atom stereocenters. The number of ether oxygens (including phenoxy) is 1. The van der Waals surface area contributed by atoms with Crippen molar-refractivity contribution in [3.8, 4) is 0 Å². The van der Waals surface area contributed by atoms with Crippen molar-refractivity contribution < 1.29 is 19.1 Å². The van der Waals surface area contributed by atoms with Crippen LogP contribution in [0.15, 0.2) is 84.9 Å². The maximum absolute atomic E-state index is 13.5. The van der Waals surface area contributed by atoms with Crippen molar-refractivity contribution in [2.45, 2.75) is 32.9 Å². The van der Waals surface area contributed by atoms with Gasteiger partial charge in [-0.15, -0.1) is 0 Å². The van der Waals surface area contributed by atoms with Gasteiger partial charge in [0.25, 0.3) is 11.8 Å². The Morgan fingerprint density at radius 3 is 1.91 bits per heavy atom. The van der Waals surface area contributed by atoms with Crippen LogP contribution in [0.2, 0.25) is 0 Å². The molecule has 0 saturated heterocycles. The predicted octanol–water partition coefficient (Wildman–Crippen LogP) is 4.63. The molecule has 0 heterocycles. The Labute approximate surface area is 187 Å². The maximum Gasteiger partial charge on any atom is 0.338 e. The predicted molar refractivity (Wildman–Crippen MR) is 122 cm³/mol. The molecule has 6 heteroatoms. The Hall–Kier alpha value is -3.93. The average Bonchev–Trinajstić information content (AvgIpc) is 2.81. The molecule has 3 aromatic carbocycles. The van der Waals surface area contributed by atoms with Crippen molar-refractivity contribution in [1.29, 1.82) is 0 Å². The molecule has 0 aliphatic rings. The van der Waals surface area contributed by atoms with E-state index in [4.69, 9.17) is 4.74 Å². The standard InChI is InChI=1S/C26H26N2O4/c1-26(2,3)28(27-23(29)19-12-6-4-7-13-19)24(30)22-17-11-10-16-21(22)18-32-25(31)20-14-8-5-9-15-20/h4-17H,18H2,1-3H3,(H,27,29). The highest BCUT2D eigenvalue weighted by atomic mass is 16.5. The van der Waals surface area contributed by atoms with Crippen molar-refractivity contribution in [3.63, 3.8) is 0 Å². The zero-order valence-corrected chi connectivity index (χ0v) is 18.4. The number of hydrogen-bond acceptors (Lipinski definition) is 4. The van der Waals surface area contributed by atoms with Crippen LogP contribution in [-0.4, -0.2) is 28.3 Å². The van der Waals surface area contributed by atoms with E-state index < -0.39 is 17.4 Å². The summed E-state index contributed by atoms with van der Waals surface area (Å²) in [5.74, 6) is -1.26. The average molecular weight is 431 g/mol. The van der Waals surface area contributed by atoms with E-state index in [2.05, 4.69) is 5.43 Å². The largest absolute Gasteiger partial charge is 0.457 e. The smallest absolute Gasteiger partial charge is 0.338 e. The van der Waals surface area contributed by atoms with Gasteiger partial charge in [-0.25, -0.2) is 9.80 Å². The van der Waals surface area contributed by atoms with Crippen LogP contribution < -0.4 is 5.43 Å². The number of rotatable bonds is 5. The van der Waals surface area contributed by atoms with Crippen LogP contribution in [0, 0.1) is 0 Å². The zero-order chi connectivity index (χ0) is 23.1. The van der Waals surface area contributed by atoms with Crippen LogP contribution in [0.25, 0.3) is 0 Å².